The summed E-state index contributed by atoms with van der Waals surface area (Å²) in [5.41, 5.74) is -1.18. The summed E-state index contributed by atoms with van der Waals surface area (Å²) in [5, 5.41) is 14.5. The van der Waals surface area contributed by atoms with E-state index >= 15 is 0 Å². The van der Waals surface area contributed by atoms with Crippen LogP contribution in [0.5, 0.6) is 0 Å². The molecule has 3 N–H and O–H groups in total. The lowest BCUT2D eigenvalue weighted by atomic mass is 9.92. The van der Waals surface area contributed by atoms with E-state index < -0.39 is 17.4 Å². The molecule has 6 nitrogen and oxygen atoms in total. The molecule has 0 atom stereocenters. The Morgan fingerprint density at radius 3 is 2.33 bits per heavy atom. The number of hydrogen-bond donors (Lipinski definition) is 3. The van der Waals surface area contributed by atoms with Gasteiger partial charge in [0.15, 0.2) is 0 Å². The van der Waals surface area contributed by atoms with E-state index in [9.17, 15) is 19.5 Å². The van der Waals surface area contributed by atoms with Crippen LogP contribution in [0.15, 0.2) is 0 Å². The van der Waals surface area contributed by atoms with Crippen molar-refractivity contribution in [1.29, 1.82) is 0 Å². The molecule has 21 heavy (non-hydrogen) atoms. The fourth-order valence-electron chi connectivity index (χ4n) is 2.11. The Morgan fingerprint density at radius 2 is 1.81 bits per heavy atom. The third-order valence-corrected chi connectivity index (χ3v) is 4.51. The minimum absolute atomic E-state index is 0.168. The number of hydrogen-bond acceptors (Lipinski definition) is 4. The van der Waals surface area contributed by atoms with Crippen molar-refractivity contribution in [3.05, 3.63) is 0 Å². The number of carbonyl (C=O) groups is 3. The molecule has 7 heteroatoms. The van der Waals surface area contributed by atoms with Gasteiger partial charge in [-0.25, -0.2) is 4.79 Å². The van der Waals surface area contributed by atoms with Crippen LogP contribution in [0.2, 0.25) is 0 Å². The van der Waals surface area contributed by atoms with E-state index in [4.69, 9.17) is 0 Å². The molecule has 2 amide bonds. The zero-order valence-electron chi connectivity index (χ0n) is 12.6. The number of aliphatic carboxylic acids is 1. The zero-order chi connectivity index (χ0) is 15.9. The van der Waals surface area contributed by atoms with Crippen LogP contribution in [0.1, 0.15) is 39.5 Å². The lowest BCUT2D eigenvalue weighted by molar-refractivity contribution is -0.148. The number of carboxylic acids is 1. The van der Waals surface area contributed by atoms with Crippen molar-refractivity contribution in [2.75, 3.05) is 18.1 Å². The SMILES string of the molecule is CC(C)CCC(=O)NCC(=O)NC1(C(=O)O)CCSCC1. The van der Waals surface area contributed by atoms with E-state index in [1.54, 1.807) is 11.8 Å². The quantitative estimate of drug-likeness (QED) is 0.651. The molecule has 1 aliphatic heterocycles. The molecule has 1 aliphatic rings. The van der Waals surface area contributed by atoms with E-state index in [-0.39, 0.29) is 12.5 Å². The fraction of sp³-hybridized carbons (Fsp3) is 0.786. The third kappa shape index (κ3) is 5.95. The first-order valence-electron chi connectivity index (χ1n) is 7.24. The van der Waals surface area contributed by atoms with Crippen LogP contribution >= 0.6 is 11.8 Å². The van der Waals surface area contributed by atoms with Crippen molar-refractivity contribution in [2.24, 2.45) is 5.92 Å². The van der Waals surface area contributed by atoms with Gasteiger partial charge in [0.25, 0.3) is 0 Å². The lowest BCUT2D eigenvalue weighted by Crippen LogP contribution is -2.58. The summed E-state index contributed by atoms with van der Waals surface area (Å²) < 4.78 is 0. The van der Waals surface area contributed by atoms with Gasteiger partial charge >= 0.3 is 5.97 Å². The second kappa shape index (κ2) is 8.26. The summed E-state index contributed by atoms with van der Waals surface area (Å²) in [6, 6.07) is 0. The third-order valence-electron chi connectivity index (χ3n) is 3.53. The minimum Gasteiger partial charge on any atom is -0.480 e. The molecular formula is C14H24N2O4S. The number of carboxylic acid groups (broad SMARTS) is 1. The van der Waals surface area contributed by atoms with Crippen LogP contribution in [0.4, 0.5) is 0 Å². The maximum atomic E-state index is 11.9. The first kappa shape index (κ1) is 17.8. The van der Waals surface area contributed by atoms with Crippen molar-refractivity contribution >= 4 is 29.5 Å². The Morgan fingerprint density at radius 1 is 1.19 bits per heavy atom. The van der Waals surface area contributed by atoms with Gasteiger partial charge in [-0.2, -0.15) is 11.8 Å². The van der Waals surface area contributed by atoms with E-state index in [0.717, 1.165) is 6.42 Å². The minimum atomic E-state index is -1.18. The fourth-order valence-corrected chi connectivity index (χ4v) is 3.30. The summed E-state index contributed by atoms with van der Waals surface area (Å²) in [4.78, 5) is 34.8. The molecule has 0 saturated carbocycles. The molecule has 0 aromatic rings. The summed E-state index contributed by atoms with van der Waals surface area (Å²) in [6.45, 7) is 3.88. The monoisotopic (exact) mass is 316 g/mol. The normalized spacial score (nSPS) is 17.3. The maximum absolute atomic E-state index is 11.9. The van der Waals surface area contributed by atoms with Crippen LogP contribution in [-0.2, 0) is 14.4 Å². The predicted molar refractivity (Wildman–Crippen MR) is 82.2 cm³/mol. The molecule has 1 fully saturated rings. The molecule has 0 radical (unpaired) electrons. The Labute approximate surface area is 129 Å². The first-order valence-corrected chi connectivity index (χ1v) is 8.40. The van der Waals surface area contributed by atoms with Gasteiger partial charge in [-0.15, -0.1) is 0 Å². The number of carbonyl (C=O) groups excluding carboxylic acids is 2. The van der Waals surface area contributed by atoms with Gasteiger partial charge < -0.3 is 15.7 Å². The van der Waals surface area contributed by atoms with Crippen molar-refractivity contribution in [2.45, 2.75) is 45.1 Å². The highest BCUT2D eigenvalue weighted by Crippen LogP contribution is 2.27. The van der Waals surface area contributed by atoms with Gasteiger partial charge in [-0.1, -0.05) is 13.8 Å². The first-order chi connectivity index (χ1) is 9.85. The summed E-state index contributed by atoms with van der Waals surface area (Å²) >= 11 is 1.68. The zero-order valence-corrected chi connectivity index (χ0v) is 13.4. The van der Waals surface area contributed by atoms with Gasteiger partial charge in [0, 0.05) is 6.42 Å². The van der Waals surface area contributed by atoms with Crippen LogP contribution in [-0.4, -0.2) is 46.5 Å². The molecular weight excluding hydrogens is 292 g/mol. The Kier molecular flexibility index (Phi) is 7.01. The van der Waals surface area contributed by atoms with Gasteiger partial charge in [0.1, 0.15) is 5.54 Å². The summed E-state index contributed by atoms with van der Waals surface area (Å²) in [7, 11) is 0. The number of rotatable bonds is 7. The van der Waals surface area contributed by atoms with Crippen LogP contribution < -0.4 is 10.6 Å². The number of amides is 2. The molecule has 1 heterocycles. The van der Waals surface area contributed by atoms with Gasteiger partial charge in [-0.3, -0.25) is 9.59 Å². The molecule has 0 aliphatic carbocycles. The van der Waals surface area contributed by atoms with Crippen molar-refractivity contribution in [3.8, 4) is 0 Å². The van der Waals surface area contributed by atoms with E-state index in [1.165, 1.54) is 0 Å². The van der Waals surface area contributed by atoms with Crippen LogP contribution in [0, 0.1) is 5.92 Å². The van der Waals surface area contributed by atoms with Crippen molar-refractivity contribution in [3.63, 3.8) is 0 Å². The van der Waals surface area contributed by atoms with Gasteiger partial charge in [-0.05, 0) is 36.7 Å². The molecule has 120 valence electrons. The molecule has 1 rings (SSSR count). The highest BCUT2D eigenvalue weighted by molar-refractivity contribution is 7.99. The smallest absolute Gasteiger partial charge is 0.329 e. The predicted octanol–water partition coefficient (Wildman–Crippen LogP) is 1.01. The van der Waals surface area contributed by atoms with E-state index in [2.05, 4.69) is 10.6 Å². The topological polar surface area (TPSA) is 95.5 Å². The van der Waals surface area contributed by atoms with Crippen LogP contribution in [0.25, 0.3) is 0 Å². The van der Waals surface area contributed by atoms with Gasteiger partial charge in [0.2, 0.25) is 11.8 Å². The highest BCUT2D eigenvalue weighted by Gasteiger charge is 2.41. The molecule has 0 unspecified atom stereocenters. The van der Waals surface area contributed by atoms with Crippen molar-refractivity contribution < 1.29 is 19.5 Å². The number of nitrogens with one attached hydrogen (secondary N) is 2. The van der Waals surface area contributed by atoms with E-state index in [1.807, 2.05) is 13.8 Å². The second-order valence-corrected chi connectivity index (χ2v) is 6.98. The maximum Gasteiger partial charge on any atom is 0.329 e. The lowest BCUT2D eigenvalue weighted by Gasteiger charge is -2.33. The molecule has 1 saturated heterocycles. The molecule has 0 aromatic heterocycles. The van der Waals surface area contributed by atoms with E-state index in [0.29, 0.717) is 36.7 Å². The molecule has 0 bridgehead atoms. The summed E-state index contributed by atoms with van der Waals surface area (Å²) in [5.74, 6) is 0.243. The second-order valence-electron chi connectivity index (χ2n) is 5.76. The highest BCUT2D eigenvalue weighted by atomic mass is 32.2. The van der Waals surface area contributed by atoms with Crippen LogP contribution in [0.3, 0.4) is 0 Å². The Hall–Kier alpha value is -1.24. The average molecular weight is 316 g/mol. The Bertz CT molecular complexity index is 392. The Balaban J connectivity index is 2.41. The number of thioether (sulfide) groups is 1. The van der Waals surface area contributed by atoms with Gasteiger partial charge in [0.05, 0.1) is 6.54 Å². The average Bonchev–Trinajstić information content (AvgIpc) is 2.43. The molecule has 0 aromatic carbocycles. The molecule has 0 spiro atoms. The largest absolute Gasteiger partial charge is 0.480 e. The standard InChI is InChI=1S/C14H24N2O4S/c1-10(2)3-4-11(17)15-9-12(18)16-14(13(19)20)5-7-21-8-6-14/h10H,3-9H2,1-2H3,(H,15,17)(H,16,18)(H,19,20). The summed E-state index contributed by atoms with van der Waals surface area (Å²) in [6.07, 6.45) is 1.98. The van der Waals surface area contributed by atoms with Crippen molar-refractivity contribution in [1.82, 2.24) is 10.6 Å².